The highest BCUT2D eigenvalue weighted by Gasteiger charge is 2.16. The molecule has 2 N–H and O–H groups in total. The van der Waals surface area contributed by atoms with Gasteiger partial charge in [-0.25, -0.2) is 0 Å². The number of piperazine rings is 1. The molecule has 122 valence electrons. The third kappa shape index (κ3) is 3.57. The molecular formula is C16H21N5O2. The SMILES string of the molecule is CN1CCN(CCNC(=O)c2n[nH]c3ccccc3c2=O)CC1. The molecule has 1 aliphatic heterocycles. The summed E-state index contributed by atoms with van der Waals surface area (Å²) in [6, 6.07) is 7.04. The molecule has 0 saturated carbocycles. The van der Waals surface area contributed by atoms with Crippen LogP contribution in [0.5, 0.6) is 0 Å². The molecule has 0 atom stereocenters. The van der Waals surface area contributed by atoms with E-state index in [1.54, 1.807) is 18.2 Å². The van der Waals surface area contributed by atoms with Gasteiger partial charge < -0.3 is 10.2 Å². The molecule has 7 nitrogen and oxygen atoms in total. The first-order valence-corrected chi connectivity index (χ1v) is 7.81. The lowest BCUT2D eigenvalue weighted by molar-refractivity contribution is 0.0934. The van der Waals surface area contributed by atoms with E-state index in [2.05, 4.69) is 32.4 Å². The van der Waals surface area contributed by atoms with Gasteiger partial charge in [-0.2, -0.15) is 5.10 Å². The van der Waals surface area contributed by atoms with Crippen LogP contribution >= 0.6 is 0 Å². The molecule has 2 aromatic rings. The Morgan fingerprint density at radius 3 is 2.78 bits per heavy atom. The summed E-state index contributed by atoms with van der Waals surface area (Å²) in [6.45, 7) is 5.38. The van der Waals surface area contributed by atoms with Gasteiger partial charge in [-0.1, -0.05) is 12.1 Å². The number of carbonyl (C=O) groups is 1. The predicted molar refractivity (Wildman–Crippen MR) is 88.6 cm³/mol. The molecule has 1 aromatic carbocycles. The molecule has 0 spiro atoms. The molecule has 0 radical (unpaired) electrons. The van der Waals surface area contributed by atoms with Gasteiger partial charge in [0.15, 0.2) is 5.69 Å². The lowest BCUT2D eigenvalue weighted by atomic mass is 10.2. The number of rotatable bonds is 4. The van der Waals surface area contributed by atoms with E-state index in [-0.39, 0.29) is 11.1 Å². The van der Waals surface area contributed by atoms with E-state index < -0.39 is 5.91 Å². The second-order valence-corrected chi connectivity index (χ2v) is 5.85. The molecule has 3 rings (SSSR count). The molecule has 1 fully saturated rings. The number of hydrogen-bond donors (Lipinski definition) is 2. The smallest absolute Gasteiger partial charge is 0.275 e. The fraction of sp³-hybridized carbons (Fsp3) is 0.438. The molecule has 23 heavy (non-hydrogen) atoms. The van der Waals surface area contributed by atoms with Gasteiger partial charge in [-0.15, -0.1) is 0 Å². The van der Waals surface area contributed by atoms with Gasteiger partial charge in [0, 0.05) is 44.7 Å². The first kappa shape index (κ1) is 15.6. The van der Waals surface area contributed by atoms with Crippen molar-refractivity contribution in [2.75, 3.05) is 46.3 Å². The average molecular weight is 315 g/mol. The van der Waals surface area contributed by atoms with Gasteiger partial charge in [-0.05, 0) is 19.2 Å². The minimum atomic E-state index is -0.425. The molecule has 0 bridgehead atoms. The number of amides is 1. The van der Waals surface area contributed by atoms with Crippen molar-refractivity contribution >= 4 is 16.8 Å². The Morgan fingerprint density at radius 2 is 2.00 bits per heavy atom. The number of benzene rings is 1. The number of hydrogen-bond acceptors (Lipinski definition) is 5. The summed E-state index contributed by atoms with van der Waals surface area (Å²) in [6.07, 6.45) is 0. The minimum absolute atomic E-state index is 0.0814. The van der Waals surface area contributed by atoms with Crippen molar-refractivity contribution in [3.8, 4) is 0 Å². The zero-order valence-corrected chi connectivity index (χ0v) is 13.2. The molecule has 7 heteroatoms. The Bertz CT molecular complexity index is 749. The number of nitrogens with one attached hydrogen (secondary N) is 2. The summed E-state index contributed by atoms with van der Waals surface area (Å²) in [7, 11) is 2.11. The van der Waals surface area contributed by atoms with E-state index in [1.807, 2.05) is 6.07 Å². The van der Waals surface area contributed by atoms with E-state index in [4.69, 9.17) is 0 Å². The van der Waals surface area contributed by atoms with Crippen LogP contribution in [0.25, 0.3) is 10.9 Å². The molecular weight excluding hydrogens is 294 g/mol. The van der Waals surface area contributed by atoms with Gasteiger partial charge in [0.1, 0.15) is 0 Å². The van der Waals surface area contributed by atoms with Crippen LogP contribution in [0.3, 0.4) is 0 Å². The summed E-state index contributed by atoms with van der Waals surface area (Å²) in [5, 5.41) is 9.94. The second-order valence-electron chi connectivity index (χ2n) is 5.85. The highest BCUT2D eigenvalue weighted by molar-refractivity contribution is 5.95. The first-order valence-electron chi connectivity index (χ1n) is 7.81. The highest BCUT2D eigenvalue weighted by Crippen LogP contribution is 2.05. The maximum atomic E-state index is 12.3. The summed E-state index contributed by atoms with van der Waals surface area (Å²) < 4.78 is 0. The van der Waals surface area contributed by atoms with Crippen molar-refractivity contribution in [3.63, 3.8) is 0 Å². The van der Waals surface area contributed by atoms with Crippen molar-refractivity contribution in [3.05, 3.63) is 40.2 Å². The predicted octanol–water partition coefficient (Wildman–Crippen LogP) is -0.0997. The third-order valence-corrected chi connectivity index (χ3v) is 4.20. The molecule has 1 saturated heterocycles. The molecule has 1 aliphatic rings. The largest absolute Gasteiger partial charge is 0.349 e. The molecule has 1 amide bonds. The average Bonchev–Trinajstić information content (AvgIpc) is 2.57. The van der Waals surface area contributed by atoms with Gasteiger partial charge in [-0.3, -0.25) is 19.6 Å². The lowest BCUT2D eigenvalue weighted by Gasteiger charge is -2.32. The Labute approximate surface area is 134 Å². The topological polar surface area (TPSA) is 81.3 Å². The van der Waals surface area contributed by atoms with E-state index in [0.717, 1.165) is 32.7 Å². The van der Waals surface area contributed by atoms with Crippen LogP contribution in [-0.4, -0.2) is 72.2 Å². The standard InChI is InChI=1S/C16H21N5O2/c1-20-8-10-21(11-9-20)7-6-17-16(23)14-15(22)12-4-2-3-5-13(12)18-19-14/h2-5H,6-11H2,1H3,(H,17,23)(H,18,22). The number of carbonyl (C=O) groups excluding carboxylic acids is 1. The molecule has 0 unspecified atom stereocenters. The first-order chi connectivity index (χ1) is 11.1. The Balaban J connectivity index is 1.60. The van der Waals surface area contributed by atoms with Crippen molar-refractivity contribution in [1.82, 2.24) is 25.3 Å². The number of aromatic nitrogens is 2. The normalized spacial score (nSPS) is 16.6. The summed E-state index contributed by atoms with van der Waals surface area (Å²) in [4.78, 5) is 29.1. The summed E-state index contributed by atoms with van der Waals surface area (Å²) in [5.41, 5.74) is 0.213. The summed E-state index contributed by atoms with van der Waals surface area (Å²) >= 11 is 0. The van der Waals surface area contributed by atoms with Crippen molar-refractivity contribution < 1.29 is 4.79 Å². The second kappa shape index (κ2) is 6.89. The van der Waals surface area contributed by atoms with Crippen LogP contribution < -0.4 is 10.7 Å². The van der Waals surface area contributed by atoms with Crippen molar-refractivity contribution in [2.24, 2.45) is 0 Å². The van der Waals surface area contributed by atoms with E-state index in [1.165, 1.54) is 0 Å². The van der Waals surface area contributed by atoms with Crippen molar-refractivity contribution in [2.45, 2.75) is 0 Å². The summed E-state index contributed by atoms with van der Waals surface area (Å²) in [5.74, 6) is -0.425. The maximum absolute atomic E-state index is 12.3. The Kier molecular flexibility index (Phi) is 4.68. The number of nitrogens with zero attached hydrogens (tertiary/aromatic N) is 3. The minimum Gasteiger partial charge on any atom is -0.349 e. The van der Waals surface area contributed by atoms with Crippen LogP contribution in [-0.2, 0) is 0 Å². The van der Waals surface area contributed by atoms with Gasteiger partial charge in [0.05, 0.1) is 5.52 Å². The van der Waals surface area contributed by atoms with Crippen LogP contribution in [0.1, 0.15) is 10.5 Å². The van der Waals surface area contributed by atoms with Gasteiger partial charge in [0.2, 0.25) is 5.43 Å². The zero-order valence-electron chi connectivity index (χ0n) is 13.2. The monoisotopic (exact) mass is 315 g/mol. The lowest BCUT2D eigenvalue weighted by Crippen LogP contribution is -2.47. The fourth-order valence-corrected chi connectivity index (χ4v) is 2.71. The molecule has 1 aromatic heterocycles. The zero-order chi connectivity index (χ0) is 16.2. The Hall–Kier alpha value is -2.25. The quantitative estimate of drug-likeness (QED) is 0.823. The third-order valence-electron chi connectivity index (χ3n) is 4.20. The number of likely N-dealkylation sites (N-methyl/N-ethyl adjacent to an activating group) is 1. The van der Waals surface area contributed by atoms with E-state index >= 15 is 0 Å². The van der Waals surface area contributed by atoms with Crippen LogP contribution in [0.15, 0.2) is 29.1 Å². The van der Waals surface area contributed by atoms with Crippen molar-refractivity contribution in [1.29, 1.82) is 0 Å². The molecule has 2 heterocycles. The molecule has 0 aliphatic carbocycles. The van der Waals surface area contributed by atoms with E-state index in [0.29, 0.717) is 17.4 Å². The number of H-pyrrole nitrogens is 1. The van der Waals surface area contributed by atoms with Crippen LogP contribution in [0.4, 0.5) is 0 Å². The van der Waals surface area contributed by atoms with Gasteiger partial charge >= 0.3 is 0 Å². The van der Waals surface area contributed by atoms with Crippen LogP contribution in [0.2, 0.25) is 0 Å². The Morgan fingerprint density at radius 1 is 1.26 bits per heavy atom. The van der Waals surface area contributed by atoms with E-state index in [9.17, 15) is 9.59 Å². The maximum Gasteiger partial charge on any atom is 0.275 e. The highest BCUT2D eigenvalue weighted by atomic mass is 16.2. The fourth-order valence-electron chi connectivity index (χ4n) is 2.71. The number of para-hydroxylation sites is 1. The van der Waals surface area contributed by atoms with Gasteiger partial charge in [0.25, 0.3) is 5.91 Å². The van der Waals surface area contributed by atoms with Crippen LogP contribution in [0, 0.1) is 0 Å². The number of fused-ring (bicyclic) bond motifs is 1. The number of aromatic amines is 1.